The second-order valence-corrected chi connectivity index (χ2v) is 7.38. The number of hydrogen-bond acceptors (Lipinski definition) is 6. The van der Waals surface area contributed by atoms with Gasteiger partial charge in [-0.1, -0.05) is 0 Å². The smallest absolute Gasteiger partial charge is 0.287 e. The number of guanidine groups is 1. The minimum absolute atomic E-state index is 0. The third-order valence-electron chi connectivity index (χ3n) is 4.95. The monoisotopic (exact) mass is 564 g/mol. The van der Waals surface area contributed by atoms with Crippen LogP contribution in [0.4, 0.5) is 0 Å². The van der Waals surface area contributed by atoms with Gasteiger partial charge in [-0.2, -0.15) is 0 Å². The van der Waals surface area contributed by atoms with E-state index < -0.39 is 0 Å². The van der Waals surface area contributed by atoms with Gasteiger partial charge in [0.15, 0.2) is 11.7 Å². The van der Waals surface area contributed by atoms with Gasteiger partial charge in [-0.15, -0.1) is 24.0 Å². The Labute approximate surface area is 207 Å². The van der Waals surface area contributed by atoms with Crippen molar-refractivity contribution in [3.05, 3.63) is 23.7 Å². The summed E-state index contributed by atoms with van der Waals surface area (Å²) in [5.74, 6) is 1.07. The molecule has 10 nitrogen and oxygen atoms in total. The summed E-state index contributed by atoms with van der Waals surface area (Å²) in [5, 5.41) is 9.05. The van der Waals surface area contributed by atoms with Gasteiger partial charge in [0.25, 0.3) is 5.91 Å². The first-order valence-electron chi connectivity index (χ1n) is 10.9. The van der Waals surface area contributed by atoms with E-state index in [2.05, 4.69) is 25.8 Å². The molecule has 32 heavy (non-hydrogen) atoms. The standard InChI is InChI=1S/C21H36N6O4.HI/c1-4-22-21(25-8-5-7-24-20(29)19-17(2)6-14-31-19)27-12-10-26(11-13-27)16-18(28)23-9-15-30-3;/h6,14H,4-5,7-13,15-16H2,1-3H3,(H,22,25)(H,23,28)(H,24,29);1H. The van der Waals surface area contributed by atoms with E-state index in [1.807, 2.05) is 13.8 Å². The molecule has 2 rings (SSSR count). The Kier molecular flexibility index (Phi) is 14.0. The largest absolute Gasteiger partial charge is 0.459 e. The van der Waals surface area contributed by atoms with Crippen LogP contribution < -0.4 is 16.0 Å². The topological polar surface area (TPSA) is 111 Å². The number of carbonyl (C=O) groups is 2. The molecular formula is C21H37IN6O4. The molecule has 0 saturated carbocycles. The van der Waals surface area contributed by atoms with Crippen molar-refractivity contribution in [2.24, 2.45) is 4.99 Å². The van der Waals surface area contributed by atoms with E-state index in [9.17, 15) is 9.59 Å². The number of halogens is 1. The van der Waals surface area contributed by atoms with Gasteiger partial charge >= 0.3 is 0 Å². The van der Waals surface area contributed by atoms with Gasteiger partial charge in [0.2, 0.25) is 5.91 Å². The quantitative estimate of drug-likeness (QED) is 0.157. The first-order chi connectivity index (χ1) is 15.0. The Morgan fingerprint density at radius 3 is 2.53 bits per heavy atom. The average molecular weight is 564 g/mol. The molecule has 0 aromatic carbocycles. The lowest BCUT2D eigenvalue weighted by atomic mass is 10.2. The molecule has 1 aliphatic heterocycles. The molecule has 11 heteroatoms. The molecule has 2 heterocycles. The maximum Gasteiger partial charge on any atom is 0.287 e. The van der Waals surface area contributed by atoms with Crippen molar-refractivity contribution in [1.82, 2.24) is 25.8 Å². The second-order valence-electron chi connectivity index (χ2n) is 7.38. The van der Waals surface area contributed by atoms with E-state index in [1.54, 1.807) is 13.2 Å². The molecule has 0 spiro atoms. The highest BCUT2D eigenvalue weighted by Gasteiger charge is 2.21. The van der Waals surface area contributed by atoms with Crippen LogP contribution in [0.5, 0.6) is 0 Å². The van der Waals surface area contributed by atoms with Crippen LogP contribution in [0.15, 0.2) is 21.7 Å². The molecule has 1 aromatic rings. The summed E-state index contributed by atoms with van der Waals surface area (Å²) in [7, 11) is 1.62. The normalized spacial score (nSPS) is 14.6. The highest BCUT2D eigenvalue weighted by atomic mass is 127. The number of furan rings is 1. The SMILES string of the molecule is CCNC(=NCCCNC(=O)c1occc1C)N1CCN(CC(=O)NCCOC)CC1.I. The van der Waals surface area contributed by atoms with Crippen molar-refractivity contribution in [1.29, 1.82) is 0 Å². The van der Waals surface area contributed by atoms with Crippen molar-refractivity contribution in [2.45, 2.75) is 20.3 Å². The number of nitrogens with one attached hydrogen (secondary N) is 3. The number of aryl methyl sites for hydroxylation is 1. The summed E-state index contributed by atoms with van der Waals surface area (Å²) in [6.07, 6.45) is 2.26. The van der Waals surface area contributed by atoms with Crippen LogP contribution in [0.1, 0.15) is 29.5 Å². The van der Waals surface area contributed by atoms with Crippen LogP contribution in [0.3, 0.4) is 0 Å². The average Bonchev–Trinajstić information content (AvgIpc) is 3.19. The van der Waals surface area contributed by atoms with E-state index >= 15 is 0 Å². The van der Waals surface area contributed by atoms with Crippen LogP contribution in [0.25, 0.3) is 0 Å². The molecule has 1 saturated heterocycles. The minimum atomic E-state index is -0.194. The van der Waals surface area contributed by atoms with Crippen LogP contribution >= 0.6 is 24.0 Å². The Morgan fingerprint density at radius 1 is 1.16 bits per heavy atom. The van der Waals surface area contributed by atoms with E-state index in [1.165, 1.54) is 6.26 Å². The first kappa shape index (κ1) is 28.2. The lowest BCUT2D eigenvalue weighted by molar-refractivity contribution is -0.122. The zero-order valence-electron chi connectivity index (χ0n) is 19.3. The van der Waals surface area contributed by atoms with E-state index in [0.717, 1.165) is 50.7 Å². The Hall–Kier alpha value is -1.86. The number of methoxy groups -OCH3 is 1. The number of rotatable bonds is 11. The van der Waals surface area contributed by atoms with Gasteiger partial charge < -0.3 is 30.0 Å². The third kappa shape index (κ3) is 9.74. The molecule has 0 aliphatic carbocycles. The minimum Gasteiger partial charge on any atom is -0.459 e. The molecule has 0 bridgehead atoms. The molecule has 0 unspecified atom stereocenters. The molecule has 2 amide bonds. The van der Waals surface area contributed by atoms with Crippen molar-refractivity contribution in [3.63, 3.8) is 0 Å². The lowest BCUT2D eigenvalue weighted by Gasteiger charge is -2.36. The summed E-state index contributed by atoms with van der Waals surface area (Å²) in [4.78, 5) is 33.1. The van der Waals surface area contributed by atoms with Crippen molar-refractivity contribution < 1.29 is 18.7 Å². The fraction of sp³-hybridized carbons (Fsp3) is 0.667. The molecule has 182 valence electrons. The summed E-state index contributed by atoms with van der Waals surface area (Å²) < 4.78 is 10.1. The highest BCUT2D eigenvalue weighted by Crippen LogP contribution is 2.08. The van der Waals surface area contributed by atoms with Gasteiger partial charge in [0.1, 0.15) is 0 Å². The number of carbonyl (C=O) groups excluding carboxylic acids is 2. The summed E-state index contributed by atoms with van der Waals surface area (Å²) in [5.41, 5.74) is 0.830. The van der Waals surface area contributed by atoms with Crippen LogP contribution in [0.2, 0.25) is 0 Å². The fourth-order valence-electron chi connectivity index (χ4n) is 3.25. The number of aliphatic imine (C=N–C) groups is 1. The lowest BCUT2D eigenvalue weighted by Crippen LogP contribution is -2.54. The van der Waals surface area contributed by atoms with Gasteiger partial charge in [-0.05, 0) is 26.3 Å². The van der Waals surface area contributed by atoms with Crippen LogP contribution in [-0.2, 0) is 9.53 Å². The highest BCUT2D eigenvalue weighted by molar-refractivity contribution is 14.0. The number of ether oxygens (including phenoxy) is 1. The molecule has 0 atom stereocenters. The molecule has 3 N–H and O–H groups in total. The molecule has 0 radical (unpaired) electrons. The molecule has 1 fully saturated rings. The van der Waals surface area contributed by atoms with E-state index in [0.29, 0.717) is 38.5 Å². The maximum atomic E-state index is 12.1. The van der Waals surface area contributed by atoms with Gasteiger partial charge in [-0.25, -0.2) is 0 Å². The molecule has 1 aliphatic rings. The maximum absolute atomic E-state index is 12.1. The van der Waals surface area contributed by atoms with Gasteiger partial charge in [-0.3, -0.25) is 19.5 Å². The van der Waals surface area contributed by atoms with E-state index in [-0.39, 0.29) is 35.8 Å². The summed E-state index contributed by atoms with van der Waals surface area (Å²) in [6.45, 7) is 10.5. The van der Waals surface area contributed by atoms with Crippen LogP contribution in [0, 0.1) is 6.92 Å². The van der Waals surface area contributed by atoms with Gasteiger partial charge in [0, 0.05) is 65.0 Å². The number of nitrogens with zero attached hydrogens (tertiary/aromatic N) is 3. The van der Waals surface area contributed by atoms with E-state index in [4.69, 9.17) is 14.1 Å². The van der Waals surface area contributed by atoms with Crippen LogP contribution in [-0.4, -0.2) is 100 Å². The Balaban J connectivity index is 0.00000512. The van der Waals surface area contributed by atoms with Crippen molar-refractivity contribution >= 4 is 41.8 Å². The second kappa shape index (κ2) is 15.9. The third-order valence-corrected chi connectivity index (χ3v) is 4.95. The summed E-state index contributed by atoms with van der Waals surface area (Å²) >= 11 is 0. The predicted molar refractivity (Wildman–Crippen MR) is 135 cm³/mol. The van der Waals surface area contributed by atoms with Gasteiger partial charge in [0.05, 0.1) is 19.4 Å². The number of amides is 2. The fourth-order valence-corrected chi connectivity index (χ4v) is 3.25. The predicted octanol–water partition coefficient (Wildman–Crippen LogP) is 0.672. The summed E-state index contributed by atoms with van der Waals surface area (Å²) in [6, 6.07) is 1.77. The number of hydrogen-bond donors (Lipinski definition) is 3. The molecule has 1 aromatic heterocycles. The zero-order valence-corrected chi connectivity index (χ0v) is 21.6. The number of piperazine rings is 1. The molecular weight excluding hydrogens is 527 g/mol. The Bertz CT molecular complexity index is 719. The zero-order chi connectivity index (χ0) is 22.5. The van der Waals surface area contributed by atoms with Crippen molar-refractivity contribution in [3.8, 4) is 0 Å². The first-order valence-corrected chi connectivity index (χ1v) is 10.9. The Morgan fingerprint density at radius 2 is 1.91 bits per heavy atom. The van der Waals surface area contributed by atoms with Crippen molar-refractivity contribution in [2.75, 3.05) is 72.6 Å².